The summed E-state index contributed by atoms with van der Waals surface area (Å²) in [6.07, 6.45) is 13.8. The van der Waals surface area contributed by atoms with Crippen LogP contribution in [-0.2, 0) is 0 Å². The molecule has 0 saturated heterocycles. The third-order valence-corrected chi connectivity index (χ3v) is 5.98. The van der Waals surface area contributed by atoms with E-state index >= 15 is 0 Å². The van der Waals surface area contributed by atoms with Crippen molar-refractivity contribution in [2.45, 2.75) is 91.9 Å². The van der Waals surface area contributed by atoms with E-state index < -0.39 is 0 Å². The maximum Gasteiger partial charge on any atom is 0.0423 e. The number of hydrogen-bond acceptors (Lipinski definition) is 2. The molecule has 2 rings (SSSR count). The Kier molecular flexibility index (Phi) is 6.98. The van der Waals surface area contributed by atoms with Crippen molar-refractivity contribution >= 4 is 5.71 Å². The number of fused-ring (bicyclic) bond motifs is 1. The Hall–Kier alpha value is -0.790. The third kappa shape index (κ3) is 4.60. The van der Waals surface area contributed by atoms with Crippen molar-refractivity contribution < 1.29 is 0 Å². The van der Waals surface area contributed by atoms with Gasteiger partial charge in [0.05, 0.1) is 0 Å². The second-order valence-electron chi connectivity index (χ2n) is 7.62. The molecule has 1 saturated carbocycles. The molecule has 3 unspecified atom stereocenters. The molecule has 1 aliphatic heterocycles. The SMILES string of the molecule is CCCCCCC(C)C1CCCC2C(C)=NNC(C)=C2CC1. The van der Waals surface area contributed by atoms with Crippen LogP contribution in [0.25, 0.3) is 0 Å². The maximum atomic E-state index is 4.49. The van der Waals surface area contributed by atoms with Crippen LogP contribution in [0.5, 0.6) is 0 Å². The summed E-state index contributed by atoms with van der Waals surface area (Å²) in [5.74, 6) is 2.46. The zero-order valence-electron chi connectivity index (χ0n) is 15.3. The highest BCUT2D eigenvalue weighted by Gasteiger charge is 2.28. The molecule has 22 heavy (non-hydrogen) atoms. The summed E-state index contributed by atoms with van der Waals surface area (Å²) in [5, 5.41) is 4.49. The lowest BCUT2D eigenvalue weighted by molar-refractivity contribution is 0.270. The highest BCUT2D eigenvalue weighted by molar-refractivity contribution is 5.87. The molecule has 0 aromatic heterocycles. The topological polar surface area (TPSA) is 24.4 Å². The molecule has 2 nitrogen and oxygen atoms in total. The van der Waals surface area contributed by atoms with Crippen LogP contribution in [0.3, 0.4) is 0 Å². The van der Waals surface area contributed by atoms with Crippen LogP contribution < -0.4 is 5.43 Å². The van der Waals surface area contributed by atoms with Gasteiger partial charge in [-0.3, -0.25) is 5.43 Å². The Morgan fingerprint density at radius 1 is 1.14 bits per heavy atom. The Morgan fingerprint density at radius 2 is 1.95 bits per heavy atom. The van der Waals surface area contributed by atoms with E-state index in [1.807, 2.05) is 0 Å². The van der Waals surface area contributed by atoms with Crippen molar-refractivity contribution in [1.29, 1.82) is 0 Å². The molecule has 0 spiro atoms. The fraction of sp³-hybridized carbons (Fsp3) is 0.850. The fourth-order valence-corrected chi connectivity index (χ4v) is 4.35. The molecule has 126 valence electrons. The van der Waals surface area contributed by atoms with Crippen molar-refractivity contribution in [2.24, 2.45) is 22.9 Å². The van der Waals surface area contributed by atoms with Crippen molar-refractivity contribution in [3.63, 3.8) is 0 Å². The number of allylic oxidation sites excluding steroid dienone is 2. The predicted octanol–water partition coefficient (Wildman–Crippen LogP) is 6.04. The van der Waals surface area contributed by atoms with Crippen LogP contribution >= 0.6 is 0 Å². The van der Waals surface area contributed by atoms with Crippen molar-refractivity contribution in [3.8, 4) is 0 Å². The van der Waals surface area contributed by atoms with Crippen LogP contribution in [0.1, 0.15) is 91.9 Å². The first kappa shape index (κ1) is 17.6. The summed E-state index contributed by atoms with van der Waals surface area (Å²) < 4.78 is 0. The van der Waals surface area contributed by atoms with Gasteiger partial charge in [0.2, 0.25) is 0 Å². The fourth-order valence-electron chi connectivity index (χ4n) is 4.35. The summed E-state index contributed by atoms with van der Waals surface area (Å²) >= 11 is 0. The van der Waals surface area contributed by atoms with E-state index in [9.17, 15) is 0 Å². The Labute approximate surface area is 137 Å². The zero-order valence-corrected chi connectivity index (χ0v) is 15.3. The first-order chi connectivity index (χ1) is 10.6. The minimum absolute atomic E-state index is 0.627. The molecule has 2 aliphatic rings. The van der Waals surface area contributed by atoms with E-state index in [2.05, 4.69) is 38.2 Å². The van der Waals surface area contributed by atoms with E-state index in [0.717, 1.165) is 11.8 Å². The number of unbranched alkanes of at least 4 members (excludes halogenated alkanes) is 3. The van der Waals surface area contributed by atoms with E-state index in [-0.39, 0.29) is 0 Å². The van der Waals surface area contributed by atoms with Crippen LogP contribution in [0, 0.1) is 17.8 Å². The summed E-state index contributed by atoms with van der Waals surface area (Å²) in [6, 6.07) is 0. The molecule has 3 atom stereocenters. The van der Waals surface area contributed by atoms with Crippen molar-refractivity contribution in [2.75, 3.05) is 0 Å². The first-order valence-electron chi connectivity index (χ1n) is 9.63. The highest BCUT2D eigenvalue weighted by atomic mass is 15.3. The van der Waals surface area contributed by atoms with Gasteiger partial charge in [-0.05, 0) is 50.5 Å². The quantitative estimate of drug-likeness (QED) is 0.594. The van der Waals surface area contributed by atoms with E-state index in [0.29, 0.717) is 5.92 Å². The van der Waals surface area contributed by atoms with Crippen LogP contribution in [0.2, 0.25) is 0 Å². The molecule has 0 bridgehead atoms. The predicted molar refractivity (Wildman–Crippen MR) is 96.9 cm³/mol. The lowest BCUT2D eigenvalue weighted by atomic mass is 9.75. The number of hydrazone groups is 1. The van der Waals surface area contributed by atoms with Crippen LogP contribution in [-0.4, -0.2) is 5.71 Å². The van der Waals surface area contributed by atoms with E-state index in [1.54, 1.807) is 5.57 Å². The molecule has 1 fully saturated rings. The molecule has 1 N–H and O–H groups in total. The second kappa shape index (κ2) is 8.74. The van der Waals surface area contributed by atoms with Gasteiger partial charge in [-0.2, -0.15) is 5.10 Å². The average Bonchev–Trinajstić information content (AvgIpc) is 2.48. The molecule has 0 amide bonds. The summed E-state index contributed by atoms with van der Waals surface area (Å²) in [7, 11) is 0. The van der Waals surface area contributed by atoms with Gasteiger partial charge in [0.15, 0.2) is 0 Å². The lowest BCUT2D eigenvalue weighted by Crippen LogP contribution is -2.28. The minimum atomic E-state index is 0.627. The second-order valence-corrected chi connectivity index (χ2v) is 7.62. The highest BCUT2D eigenvalue weighted by Crippen LogP contribution is 2.37. The van der Waals surface area contributed by atoms with E-state index in [4.69, 9.17) is 0 Å². The first-order valence-corrected chi connectivity index (χ1v) is 9.63. The van der Waals surface area contributed by atoms with Crippen molar-refractivity contribution in [1.82, 2.24) is 5.43 Å². The number of hydrogen-bond donors (Lipinski definition) is 1. The summed E-state index contributed by atoms with van der Waals surface area (Å²) in [5.41, 5.74) is 7.51. The minimum Gasteiger partial charge on any atom is -0.283 e. The standard InChI is InChI=1S/C20H36N2/c1-5-6-7-8-10-15(2)18-11-9-12-19-16(3)21-22-17(4)20(19)14-13-18/h15,18-19,22H,5-14H2,1-4H3. The molecular weight excluding hydrogens is 268 g/mol. The smallest absolute Gasteiger partial charge is 0.0423 e. The van der Waals surface area contributed by atoms with Gasteiger partial charge in [-0.25, -0.2) is 0 Å². The van der Waals surface area contributed by atoms with Crippen LogP contribution in [0.4, 0.5) is 0 Å². The van der Waals surface area contributed by atoms with Gasteiger partial charge in [-0.15, -0.1) is 0 Å². The van der Waals surface area contributed by atoms with Gasteiger partial charge in [0.1, 0.15) is 0 Å². The molecule has 1 aliphatic carbocycles. The van der Waals surface area contributed by atoms with Gasteiger partial charge < -0.3 is 0 Å². The maximum absolute atomic E-state index is 4.49. The number of rotatable bonds is 6. The van der Waals surface area contributed by atoms with E-state index in [1.165, 1.54) is 75.6 Å². The third-order valence-electron chi connectivity index (χ3n) is 5.98. The van der Waals surface area contributed by atoms with Gasteiger partial charge >= 0.3 is 0 Å². The Bertz CT molecular complexity index is 408. The van der Waals surface area contributed by atoms with Gasteiger partial charge in [0.25, 0.3) is 0 Å². The monoisotopic (exact) mass is 304 g/mol. The van der Waals surface area contributed by atoms with Crippen molar-refractivity contribution in [3.05, 3.63) is 11.3 Å². The molecule has 0 aromatic carbocycles. The number of nitrogens with zero attached hydrogens (tertiary/aromatic N) is 1. The lowest BCUT2D eigenvalue weighted by Gasteiger charge is -2.33. The summed E-state index contributed by atoms with van der Waals surface area (Å²) in [4.78, 5) is 0. The molecular formula is C20H36N2. The van der Waals surface area contributed by atoms with Gasteiger partial charge in [0, 0.05) is 17.3 Å². The molecule has 0 aromatic rings. The average molecular weight is 305 g/mol. The largest absolute Gasteiger partial charge is 0.283 e. The molecule has 1 heterocycles. The van der Waals surface area contributed by atoms with Crippen LogP contribution in [0.15, 0.2) is 16.4 Å². The van der Waals surface area contributed by atoms with Gasteiger partial charge in [-0.1, -0.05) is 58.8 Å². The zero-order chi connectivity index (χ0) is 15.9. The summed E-state index contributed by atoms with van der Waals surface area (Å²) in [6.45, 7) is 9.21. The Balaban J connectivity index is 1.88. The normalized spacial score (nSPS) is 27.4. The molecule has 0 radical (unpaired) electrons. The Morgan fingerprint density at radius 3 is 2.73 bits per heavy atom. The molecule has 2 heteroatoms. The number of nitrogens with one attached hydrogen (secondary N) is 1.